The SMILES string of the molecule is CN(C)C(=O)CN=C(NCCC1(C)OCCO1)NC1CCN(Cc2ccccc2)CC1. The average Bonchev–Trinajstić information content (AvgIpc) is 3.20. The summed E-state index contributed by atoms with van der Waals surface area (Å²) in [6.07, 6.45) is 2.79. The van der Waals surface area contributed by atoms with Crippen LogP contribution in [0.1, 0.15) is 31.7 Å². The van der Waals surface area contributed by atoms with E-state index in [1.54, 1.807) is 19.0 Å². The van der Waals surface area contributed by atoms with Crippen molar-refractivity contribution in [1.82, 2.24) is 20.4 Å². The van der Waals surface area contributed by atoms with Gasteiger partial charge in [0.15, 0.2) is 11.7 Å². The van der Waals surface area contributed by atoms with Gasteiger partial charge < -0.3 is 25.0 Å². The number of aliphatic imine (C=N–C) groups is 1. The maximum absolute atomic E-state index is 12.0. The summed E-state index contributed by atoms with van der Waals surface area (Å²) in [6, 6.07) is 10.9. The first kappa shape index (κ1) is 23.5. The van der Waals surface area contributed by atoms with Gasteiger partial charge >= 0.3 is 0 Å². The van der Waals surface area contributed by atoms with Gasteiger partial charge in [0, 0.05) is 52.7 Å². The van der Waals surface area contributed by atoms with Gasteiger partial charge in [0.2, 0.25) is 5.91 Å². The van der Waals surface area contributed by atoms with Gasteiger partial charge in [-0.3, -0.25) is 9.69 Å². The van der Waals surface area contributed by atoms with E-state index in [4.69, 9.17) is 9.47 Å². The van der Waals surface area contributed by atoms with Gasteiger partial charge in [-0.25, -0.2) is 4.99 Å². The van der Waals surface area contributed by atoms with Crippen molar-refractivity contribution in [2.24, 2.45) is 4.99 Å². The van der Waals surface area contributed by atoms with Crippen molar-refractivity contribution in [1.29, 1.82) is 0 Å². The Morgan fingerprint density at radius 2 is 1.87 bits per heavy atom. The Balaban J connectivity index is 1.49. The zero-order chi connectivity index (χ0) is 22.1. The fraction of sp³-hybridized carbons (Fsp3) is 0.652. The Morgan fingerprint density at radius 1 is 1.19 bits per heavy atom. The zero-order valence-corrected chi connectivity index (χ0v) is 19.1. The second-order valence-electron chi connectivity index (χ2n) is 8.64. The number of nitrogens with zero attached hydrogens (tertiary/aromatic N) is 3. The predicted octanol–water partition coefficient (Wildman–Crippen LogP) is 1.43. The molecule has 8 heteroatoms. The summed E-state index contributed by atoms with van der Waals surface area (Å²) in [5, 5.41) is 6.89. The summed E-state index contributed by atoms with van der Waals surface area (Å²) < 4.78 is 11.3. The number of rotatable bonds is 8. The maximum Gasteiger partial charge on any atom is 0.243 e. The summed E-state index contributed by atoms with van der Waals surface area (Å²) in [6.45, 7) is 7.08. The van der Waals surface area contributed by atoms with Crippen molar-refractivity contribution in [3.05, 3.63) is 35.9 Å². The van der Waals surface area contributed by atoms with Gasteiger partial charge in [-0.2, -0.15) is 0 Å². The number of piperidine rings is 1. The molecule has 0 unspecified atom stereocenters. The number of carbonyl (C=O) groups excluding carboxylic acids is 1. The molecule has 2 heterocycles. The van der Waals surface area contributed by atoms with E-state index >= 15 is 0 Å². The van der Waals surface area contributed by atoms with Gasteiger partial charge in [0.25, 0.3) is 0 Å². The molecule has 0 aromatic heterocycles. The van der Waals surface area contributed by atoms with Crippen LogP contribution in [0.15, 0.2) is 35.3 Å². The first-order valence-corrected chi connectivity index (χ1v) is 11.2. The fourth-order valence-corrected chi connectivity index (χ4v) is 3.82. The lowest BCUT2D eigenvalue weighted by Crippen LogP contribution is -2.49. The third kappa shape index (κ3) is 7.79. The molecule has 0 aliphatic carbocycles. The molecular formula is C23H37N5O3. The molecule has 2 saturated heterocycles. The minimum atomic E-state index is -0.541. The van der Waals surface area contributed by atoms with Crippen molar-refractivity contribution >= 4 is 11.9 Å². The number of hydrogen-bond donors (Lipinski definition) is 2. The number of nitrogens with one attached hydrogen (secondary N) is 2. The molecule has 1 aromatic carbocycles. The van der Waals surface area contributed by atoms with E-state index in [1.807, 2.05) is 6.92 Å². The molecule has 2 aliphatic heterocycles. The van der Waals surface area contributed by atoms with Crippen LogP contribution >= 0.6 is 0 Å². The van der Waals surface area contributed by atoms with E-state index < -0.39 is 5.79 Å². The third-order valence-corrected chi connectivity index (χ3v) is 5.82. The lowest BCUT2D eigenvalue weighted by Gasteiger charge is -2.33. The second-order valence-corrected chi connectivity index (χ2v) is 8.64. The number of guanidine groups is 1. The van der Waals surface area contributed by atoms with Crippen LogP contribution in [0, 0.1) is 0 Å². The summed E-state index contributed by atoms with van der Waals surface area (Å²) in [4.78, 5) is 20.6. The smallest absolute Gasteiger partial charge is 0.243 e. The van der Waals surface area contributed by atoms with Crippen molar-refractivity contribution < 1.29 is 14.3 Å². The summed E-state index contributed by atoms with van der Waals surface area (Å²) in [5.74, 6) is 0.117. The molecular weight excluding hydrogens is 394 g/mol. The van der Waals surface area contributed by atoms with Crippen molar-refractivity contribution in [3.63, 3.8) is 0 Å². The van der Waals surface area contributed by atoms with Crippen LogP contribution in [-0.4, -0.2) is 87.0 Å². The van der Waals surface area contributed by atoms with E-state index in [0.717, 1.165) is 32.5 Å². The van der Waals surface area contributed by atoms with E-state index in [-0.39, 0.29) is 12.5 Å². The van der Waals surface area contributed by atoms with Crippen LogP contribution in [0.5, 0.6) is 0 Å². The largest absolute Gasteiger partial charge is 0.356 e. The Hall–Kier alpha value is -2.16. The van der Waals surface area contributed by atoms with E-state index in [9.17, 15) is 4.79 Å². The number of benzene rings is 1. The molecule has 1 aromatic rings. The first-order valence-electron chi connectivity index (χ1n) is 11.2. The van der Waals surface area contributed by atoms with Gasteiger partial charge in [-0.1, -0.05) is 30.3 Å². The molecule has 0 bridgehead atoms. The van der Waals surface area contributed by atoms with Gasteiger partial charge in [-0.15, -0.1) is 0 Å². The summed E-state index contributed by atoms with van der Waals surface area (Å²) in [5.41, 5.74) is 1.35. The minimum absolute atomic E-state index is 0.0202. The number of ether oxygens (including phenoxy) is 2. The number of amides is 1. The van der Waals surface area contributed by atoms with E-state index in [2.05, 4.69) is 50.9 Å². The number of carbonyl (C=O) groups is 1. The van der Waals surface area contributed by atoms with Crippen LogP contribution in [0.4, 0.5) is 0 Å². The van der Waals surface area contributed by atoms with Crippen LogP contribution in [0.3, 0.4) is 0 Å². The topological polar surface area (TPSA) is 78.4 Å². The number of hydrogen-bond acceptors (Lipinski definition) is 5. The highest BCUT2D eigenvalue weighted by Gasteiger charge is 2.30. The lowest BCUT2D eigenvalue weighted by atomic mass is 10.0. The van der Waals surface area contributed by atoms with Crippen molar-refractivity contribution in [2.75, 3.05) is 53.5 Å². The maximum atomic E-state index is 12.0. The van der Waals surface area contributed by atoms with Gasteiger partial charge in [0.05, 0.1) is 13.2 Å². The molecule has 3 rings (SSSR count). The van der Waals surface area contributed by atoms with Crippen LogP contribution in [0.25, 0.3) is 0 Å². The average molecular weight is 432 g/mol. The van der Waals surface area contributed by atoms with Crippen molar-refractivity contribution in [2.45, 2.75) is 44.6 Å². The monoisotopic (exact) mass is 431 g/mol. The predicted molar refractivity (Wildman–Crippen MR) is 122 cm³/mol. The molecule has 0 spiro atoms. The van der Waals surface area contributed by atoms with Crippen LogP contribution in [-0.2, 0) is 20.8 Å². The first-order chi connectivity index (χ1) is 14.9. The van der Waals surface area contributed by atoms with E-state index in [1.165, 1.54) is 5.56 Å². The molecule has 0 atom stereocenters. The number of likely N-dealkylation sites (tertiary alicyclic amines) is 1. The van der Waals surface area contributed by atoms with Gasteiger partial charge in [0.1, 0.15) is 6.54 Å². The lowest BCUT2D eigenvalue weighted by molar-refractivity contribution is -0.145. The van der Waals surface area contributed by atoms with Crippen LogP contribution < -0.4 is 10.6 Å². The Morgan fingerprint density at radius 3 is 2.52 bits per heavy atom. The standard InChI is InChI=1S/C23H37N5O3/c1-23(30-15-16-31-23)11-12-24-22(25-17-21(29)27(2)3)26-20-9-13-28(14-10-20)18-19-7-5-4-6-8-19/h4-8,20H,9-18H2,1-3H3,(H2,24,25,26). The summed E-state index contributed by atoms with van der Waals surface area (Å²) in [7, 11) is 3.49. The molecule has 172 valence electrons. The highest BCUT2D eigenvalue weighted by Crippen LogP contribution is 2.21. The Bertz CT molecular complexity index is 711. The molecule has 1 amide bonds. The Labute approximate surface area is 186 Å². The number of likely N-dealkylation sites (N-methyl/N-ethyl adjacent to an activating group) is 1. The quantitative estimate of drug-likeness (QED) is 0.479. The molecule has 0 radical (unpaired) electrons. The second kappa shape index (κ2) is 11.5. The molecule has 8 nitrogen and oxygen atoms in total. The van der Waals surface area contributed by atoms with Gasteiger partial charge in [-0.05, 0) is 25.3 Å². The molecule has 31 heavy (non-hydrogen) atoms. The van der Waals surface area contributed by atoms with Crippen LogP contribution in [0.2, 0.25) is 0 Å². The third-order valence-electron chi connectivity index (χ3n) is 5.82. The molecule has 0 saturated carbocycles. The Kier molecular flexibility index (Phi) is 8.69. The van der Waals surface area contributed by atoms with Crippen molar-refractivity contribution in [3.8, 4) is 0 Å². The summed E-state index contributed by atoms with van der Waals surface area (Å²) >= 11 is 0. The minimum Gasteiger partial charge on any atom is -0.356 e. The fourth-order valence-electron chi connectivity index (χ4n) is 3.82. The normalized spacial score (nSPS) is 19.9. The molecule has 2 fully saturated rings. The molecule has 2 aliphatic rings. The molecule has 2 N–H and O–H groups in total. The van der Waals surface area contributed by atoms with E-state index in [0.29, 0.717) is 38.2 Å². The highest BCUT2D eigenvalue weighted by atomic mass is 16.7. The zero-order valence-electron chi connectivity index (χ0n) is 19.1. The highest BCUT2D eigenvalue weighted by molar-refractivity contribution is 5.84.